The molecule has 0 rings (SSSR count). The van der Waals surface area contributed by atoms with Crippen LogP contribution in [0.4, 0.5) is 13.2 Å². The molecule has 0 radical (unpaired) electrons. The SMILES string of the molecule is C=CCC(=O)OC(F)(F)CF. The smallest absolute Gasteiger partial charge is 0.399 e. The lowest BCUT2D eigenvalue weighted by Crippen LogP contribution is -2.26. The van der Waals surface area contributed by atoms with Crippen molar-refractivity contribution < 1.29 is 22.7 Å². The van der Waals surface area contributed by atoms with Gasteiger partial charge in [0.1, 0.15) is 0 Å². The third kappa shape index (κ3) is 4.41. The summed E-state index contributed by atoms with van der Waals surface area (Å²) in [5.41, 5.74) is 0. The van der Waals surface area contributed by atoms with Crippen molar-refractivity contribution in [3.05, 3.63) is 12.7 Å². The van der Waals surface area contributed by atoms with Gasteiger partial charge in [0.15, 0.2) is 6.67 Å². The normalized spacial score (nSPS) is 10.8. The molecule has 0 aromatic carbocycles. The predicted molar refractivity (Wildman–Crippen MR) is 31.8 cm³/mol. The highest BCUT2D eigenvalue weighted by molar-refractivity contribution is 5.71. The molecule has 0 aliphatic heterocycles. The number of ether oxygens (including phenoxy) is 1. The number of hydrogen-bond acceptors (Lipinski definition) is 2. The zero-order chi connectivity index (χ0) is 8.91. The van der Waals surface area contributed by atoms with Gasteiger partial charge in [-0.1, -0.05) is 6.08 Å². The van der Waals surface area contributed by atoms with Gasteiger partial charge >= 0.3 is 12.1 Å². The first-order valence-electron chi connectivity index (χ1n) is 2.78. The quantitative estimate of drug-likeness (QED) is 0.471. The first kappa shape index (κ1) is 10.0. The van der Waals surface area contributed by atoms with E-state index in [1.807, 2.05) is 0 Å². The van der Waals surface area contributed by atoms with E-state index < -0.39 is 18.8 Å². The molecule has 0 atom stereocenters. The molecule has 2 nitrogen and oxygen atoms in total. The highest BCUT2D eigenvalue weighted by atomic mass is 19.3. The molecule has 5 heteroatoms. The van der Waals surface area contributed by atoms with Crippen LogP contribution in [0.5, 0.6) is 0 Å². The summed E-state index contributed by atoms with van der Waals surface area (Å²) < 4.78 is 38.5. The molecule has 0 unspecified atom stereocenters. The van der Waals surface area contributed by atoms with Crippen LogP contribution < -0.4 is 0 Å². The van der Waals surface area contributed by atoms with Gasteiger partial charge < -0.3 is 4.74 Å². The minimum Gasteiger partial charge on any atom is -0.399 e. The lowest BCUT2D eigenvalue weighted by Gasteiger charge is -2.11. The van der Waals surface area contributed by atoms with E-state index in [1.54, 1.807) is 0 Å². The van der Waals surface area contributed by atoms with Crippen LogP contribution in [-0.2, 0) is 9.53 Å². The van der Waals surface area contributed by atoms with Gasteiger partial charge in [0.25, 0.3) is 0 Å². The molecule has 0 fully saturated rings. The predicted octanol–water partition coefficient (Wildman–Crippen LogP) is 1.67. The Balaban J connectivity index is 3.82. The Morgan fingerprint density at radius 2 is 2.18 bits per heavy atom. The summed E-state index contributed by atoms with van der Waals surface area (Å²) in [7, 11) is 0. The van der Waals surface area contributed by atoms with Crippen molar-refractivity contribution in [3.8, 4) is 0 Å². The van der Waals surface area contributed by atoms with Gasteiger partial charge in [-0.2, -0.15) is 8.78 Å². The van der Waals surface area contributed by atoms with Crippen LogP contribution in [0, 0.1) is 0 Å². The fourth-order valence-corrected chi connectivity index (χ4v) is 0.353. The third-order valence-corrected chi connectivity index (χ3v) is 0.730. The third-order valence-electron chi connectivity index (χ3n) is 0.730. The highest BCUT2D eigenvalue weighted by Crippen LogP contribution is 2.16. The van der Waals surface area contributed by atoms with E-state index >= 15 is 0 Å². The van der Waals surface area contributed by atoms with Crippen molar-refractivity contribution in [2.45, 2.75) is 12.5 Å². The van der Waals surface area contributed by atoms with Crippen LogP contribution >= 0.6 is 0 Å². The molecular weight excluding hydrogens is 161 g/mol. The van der Waals surface area contributed by atoms with E-state index in [-0.39, 0.29) is 6.42 Å². The van der Waals surface area contributed by atoms with Gasteiger partial charge in [0.05, 0.1) is 6.42 Å². The van der Waals surface area contributed by atoms with E-state index in [0.717, 1.165) is 6.08 Å². The van der Waals surface area contributed by atoms with Gasteiger partial charge in [-0.25, -0.2) is 4.39 Å². The van der Waals surface area contributed by atoms with E-state index in [0.29, 0.717) is 0 Å². The summed E-state index contributed by atoms with van der Waals surface area (Å²) in [6.07, 6.45) is -3.26. The van der Waals surface area contributed by atoms with Gasteiger partial charge in [-0.3, -0.25) is 4.79 Å². The van der Waals surface area contributed by atoms with Gasteiger partial charge in [0, 0.05) is 0 Å². The lowest BCUT2D eigenvalue weighted by molar-refractivity contribution is -0.237. The van der Waals surface area contributed by atoms with Crippen LogP contribution in [0.1, 0.15) is 6.42 Å². The molecule has 0 amide bonds. The average Bonchev–Trinajstić information content (AvgIpc) is 1.87. The summed E-state index contributed by atoms with van der Waals surface area (Å²) in [6, 6.07) is 0. The van der Waals surface area contributed by atoms with E-state index in [9.17, 15) is 18.0 Å². The largest absolute Gasteiger partial charge is 0.429 e. The topological polar surface area (TPSA) is 26.3 Å². The minimum atomic E-state index is -4.00. The Kier molecular flexibility index (Phi) is 3.64. The highest BCUT2D eigenvalue weighted by Gasteiger charge is 2.33. The fraction of sp³-hybridized carbons (Fsp3) is 0.500. The molecule has 0 heterocycles. The summed E-state index contributed by atoms with van der Waals surface area (Å²) in [5.74, 6) is -1.19. The Hall–Kier alpha value is -1.00. The second-order valence-electron chi connectivity index (χ2n) is 1.74. The molecular formula is C6H7F3O2. The molecule has 0 aromatic rings. The van der Waals surface area contributed by atoms with Crippen molar-refractivity contribution in [2.24, 2.45) is 0 Å². The molecule has 0 N–H and O–H groups in total. The summed E-state index contributed by atoms with van der Waals surface area (Å²) in [5, 5.41) is 0. The van der Waals surface area contributed by atoms with Crippen molar-refractivity contribution in [2.75, 3.05) is 6.67 Å². The molecule has 11 heavy (non-hydrogen) atoms. The molecule has 0 saturated carbocycles. The Labute approximate surface area is 61.6 Å². The standard InChI is InChI=1S/C6H7F3O2/c1-2-3-5(10)11-6(8,9)4-7/h2H,1,3-4H2. The number of esters is 1. The van der Waals surface area contributed by atoms with Crippen molar-refractivity contribution in [1.29, 1.82) is 0 Å². The second kappa shape index (κ2) is 4.00. The van der Waals surface area contributed by atoms with Gasteiger partial charge in [0.2, 0.25) is 0 Å². The Morgan fingerprint density at radius 3 is 2.55 bits per heavy atom. The van der Waals surface area contributed by atoms with Crippen LogP contribution in [-0.4, -0.2) is 18.8 Å². The number of carbonyl (C=O) groups excluding carboxylic acids is 1. The molecule has 0 spiro atoms. The van der Waals surface area contributed by atoms with Crippen LogP contribution in [0.15, 0.2) is 12.7 Å². The molecule has 0 aliphatic carbocycles. The van der Waals surface area contributed by atoms with Crippen LogP contribution in [0.25, 0.3) is 0 Å². The molecule has 64 valence electrons. The van der Waals surface area contributed by atoms with Crippen molar-refractivity contribution >= 4 is 5.97 Å². The fourth-order valence-electron chi connectivity index (χ4n) is 0.353. The first-order valence-corrected chi connectivity index (χ1v) is 2.78. The summed E-state index contributed by atoms with van der Waals surface area (Å²) in [6.45, 7) is 1.11. The zero-order valence-corrected chi connectivity index (χ0v) is 5.65. The lowest BCUT2D eigenvalue weighted by atomic mass is 10.4. The molecule has 0 saturated heterocycles. The number of carbonyl (C=O) groups is 1. The maximum atomic E-state index is 11.9. The maximum absolute atomic E-state index is 11.9. The average molecular weight is 168 g/mol. The maximum Gasteiger partial charge on any atom is 0.429 e. The number of hydrogen-bond donors (Lipinski definition) is 0. The van der Waals surface area contributed by atoms with Crippen LogP contribution in [0.2, 0.25) is 0 Å². The monoisotopic (exact) mass is 168 g/mol. The number of alkyl halides is 3. The summed E-state index contributed by atoms with van der Waals surface area (Å²) in [4.78, 5) is 10.3. The Morgan fingerprint density at radius 1 is 1.64 bits per heavy atom. The van der Waals surface area contributed by atoms with E-state index in [1.165, 1.54) is 0 Å². The Bertz CT molecular complexity index is 156. The molecule has 0 aromatic heterocycles. The molecule has 0 bridgehead atoms. The van der Waals surface area contributed by atoms with Gasteiger partial charge in [-0.15, -0.1) is 6.58 Å². The molecule has 0 aliphatic rings. The minimum absolute atomic E-state index is 0.352. The van der Waals surface area contributed by atoms with Gasteiger partial charge in [-0.05, 0) is 0 Å². The number of rotatable bonds is 4. The number of halogens is 3. The zero-order valence-electron chi connectivity index (χ0n) is 5.65. The van der Waals surface area contributed by atoms with Crippen molar-refractivity contribution in [1.82, 2.24) is 0 Å². The van der Waals surface area contributed by atoms with Crippen LogP contribution in [0.3, 0.4) is 0 Å². The second-order valence-corrected chi connectivity index (χ2v) is 1.74. The summed E-state index contributed by atoms with van der Waals surface area (Å²) >= 11 is 0. The van der Waals surface area contributed by atoms with Crippen molar-refractivity contribution in [3.63, 3.8) is 0 Å². The van der Waals surface area contributed by atoms with E-state index in [2.05, 4.69) is 11.3 Å². The first-order chi connectivity index (χ1) is 5.02. The van der Waals surface area contributed by atoms with E-state index in [4.69, 9.17) is 0 Å².